The fourth-order valence-corrected chi connectivity index (χ4v) is 1.17. The molecule has 6 nitrogen and oxygen atoms in total. The lowest BCUT2D eigenvalue weighted by Crippen LogP contribution is -2.18. The molecule has 0 unspecified atom stereocenters. The number of ether oxygens (including phenoxy) is 2. The Bertz CT molecular complexity index is 368. The topological polar surface area (TPSA) is 99.6 Å². The number of anilines is 2. The molecule has 0 atom stereocenters. The quantitative estimate of drug-likeness (QED) is 0.508. The number of nitrogens with one attached hydrogen (secondary N) is 1. The van der Waals surface area contributed by atoms with Crippen molar-refractivity contribution < 1.29 is 14.3 Å². The maximum Gasteiger partial charge on any atom is 0.404 e. The first-order valence-electron chi connectivity index (χ1n) is 4.73. The van der Waals surface area contributed by atoms with Gasteiger partial charge >= 0.3 is 6.09 Å². The molecule has 88 valence electrons. The van der Waals surface area contributed by atoms with E-state index < -0.39 is 6.09 Å². The standard InChI is InChI=1S/C10H15N3O3/c1-15-9-6-7(2-3-8(9)11)13-4-5-16-10(12)14/h2-3,6,13H,4-5,11H2,1H3,(H2,12,14). The van der Waals surface area contributed by atoms with E-state index in [0.717, 1.165) is 5.69 Å². The number of amides is 1. The Hall–Kier alpha value is -2.11. The maximum atomic E-state index is 10.3. The molecule has 0 heterocycles. The van der Waals surface area contributed by atoms with Crippen LogP contribution >= 0.6 is 0 Å². The Labute approximate surface area is 93.5 Å². The van der Waals surface area contributed by atoms with Crippen LogP contribution in [0.5, 0.6) is 5.75 Å². The summed E-state index contributed by atoms with van der Waals surface area (Å²) in [4.78, 5) is 10.3. The largest absolute Gasteiger partial charge is 0.495 e. The Kier molecular flexibility index (Phi) is 4.26. The van der Waals surface area contributed by atoms with Crippen LogP contribution < -0.4 is 21.5 Å². The smallest absolute Gasteiger partial charge is 0.404 e. The first kappa shape index (κ1) is 12.0. The van der Waals surface area contributed by atoms with E-state index >= 15 is 0 Å². The van der Waals surface area contributed by atoms with E-state index in [4.69, 9.17) is 16.2 Å². The molecule has 6 heteroatoms. The monoisotopic (exact) mass is 225 g/mol. The molecule has 1 aromatic carbocycles. The molecule has 0 aliphatic carbocycles. The average Bonchev–Trinajstić information content (AvgIpc) is 2.26. The number of hydrogen-bond acceptors (Lipinski definition) is 5. The van der Waals surface area contributed by atoms with Crippen LogP contribution in [0.2, 0.25) is 0 Å². The van der Waals surface area contributed by atoms with Gasteiger partial charge < -0.3 is 26.3 Å². The zero-order valence-electron chi connectivity index (χ0n) is 9.03. The minimum atomic E-state index is -0.781. The summed E-state index contributed by atoms with van der Waals surface area (Å²) in [6.07, 6.45) is -0.781. The van der Waals surface area contributed by atoms with Gasteiger partial charge in [0.1, 0.15) is 12.4 Å². The molecular weight excluding hydrogens is 210 g/mol. The molecule has 0 radical (unpaired) electrons. The lowest BCUT2D eigenvalue weighted by Gasteiger charge is -2.09. The summed E-state index contributed by atoms with van der Waals surface area (Å²) in [7, 11) is 1.55. The number of rotatable bonds is 5. The van der Waals surface area contributed by atoms with E-state index in [0.29, 0.717) is 18.0 Å². The van der Waals surface area contributed by atoms with Gasteiger partial charge in [0.2, 0.25) is 0 Å². The minimum absolute atomic E-state index is 0.210. The molecule has 5 N–H and O–H groups in total. The Morgan fingerprint density at radius 1 is 1.50 bits per heavy atom. The third kappa shape index (κ3) is 3.56. The van der Waals surface area contributed by atoms with E-state index in [-0.39, 0.29) is 6.61 Å². The number of nitrogen functional groups attached to an aromatic ring is 1. The minimum Gasteiger partial charge on any atom is -0.495 e. The molecule has 0 saturated heterocycles. The van der Waals surface area contributed by atoms with Gasteiger partial charge in [-0.25, -0.2) is 4.79 Å². The summed E-state index contributed by atoms with van der Waals surface area (Å²) in [5.74, 6) is 0.598. The Morgan fingerprint density at radius 2 is 2.25 bits per heavy atom. The average molecular weight is 225 g/mol. The van der Waals surface area contributed by atoms with Crippen molar-refractivity contribution in [2.24, 2.45) is 5.73 Å². The third-order valence-corrected chi connectivity index (χ3v) is 1.91. The van der Waals surface area contributed by atoms with Crippen molar-refractivity contribution in [2.75, 3.05) is 31.3 Å². The highest BCUT2D eigenvalue weighted by Gasteiger charge is 2.00. The van der Waals surface area contributed by atoms with E-state index in [9.17, 15) is 4.79 Å². The second-order valence-electron chi connectivity index (χ2n) is 3.05. The van der Waals surface area contributed by atoms with Gasteiger partial charge in [0.05, 0.1) is 12.8 Å². The van der Waals surface area contributed by atoms with Crippen LogP contribution in [-0.4, -0.2) is 26.4 Å². The molecule has 0 fully saturated rings. The van der Waals surface area contributed by atoms with Gasteiger partial charge in [0.25, 0.3) is 0 Å². The molecule has 0 aliphatic rings. The summed E-state index contributed by atoms with van der Waals surface area (Å²) in [5, 5.41) is 3.03. The fraction of sp³-hybridized carbons (Fsp3) is 0.300. The highest BCUT2D eigenvalue weighted by Crippen LogP contribution is 2.24. The van der Waals surface area contributed by atoms with E-state index in [2.05, 4.69) is 10.1 Å². The molecule has 16 heavy (non-hydrogen) atoms. The zero-order chi connectivity index (χ0) is 12.0. The number of carbonyl (C=O) groups excluding carboxylic acids is 1. The van der Waals surface area contributed by atoms with Crippen molar-refractivity contribution in [3.8, 4) is 5.75 Å². The Morgan fingerprint density at radius 3 is 2.88 bits per heavy atom. The predicted molar refractivity (Wildman–Crippen MR) is 61.4 cm³/mol. The van der Waals surface area contributed by atoms with Crippen molar-refractivity contribution in [1.82, 2.24) is 0 Å². The van der Waals surface area contributed by atoms with Gasteiger partial charge in [0.15, 0.2) is 0 Å². The Balaban J connectivity index is 2.45. The van der Waals surface area contributed by atoms with Crippen molar-refractivity contribution >= 4 is 17.5 Å². The highest BCUT2D eigenvalue weighted by molar-refractivity contribution is 5.64. The van der Waals surface area contributed by atoms with E-state index in [1.54, 1.807) is 19.2 Å². The number of benzene rings is 1. The molecule has 0 spiro atoms. The predicted octanol–water partition coefficient (Wildman–Crippen LogP) is 0.785. The molecular formula is C10H15N3O3. The summed E-state index contributed by atoms with van der Waals surface area (Å²) in [6, 6.07) is 5.30. The second-order valence-corrected chi connectivity index (χ2v) is 3.05. The third-order valence-electron chi connectivity index (χ3n) is 1.91. The summed E-state index contributed by atoms with van der Waals surface area (Å²) < 4.78 is 9.62. The summed E-state index contributed by atoms with van der Waals surface area (Å²) in [5.41, 5.74) is 11.9. The molecule has 0 aromatic heterocycles. The van der Waals surface area contributed by atoms with Crippen LogP contribution in [-0.2, 0) is 4.74 Å². The first-order chi connectivity index (χ1) is 7.63. The first-order valence-corrected chi connectivity index (χ1v) is 4.73. The van der Waals surface area contributed by atoms with Gasteiger partial charge in [-0.2, -0.15) is 0 Å². The van der Waals surface area contributed by atoms with Crippen molar-refractivity contribution in [1.29, 1.82) is 0 Å². The number of nitrogens with two attached hydrogens (primary N) is 2. The second kappa shape index (κ2) is 5.69. The lowest BCUT2D eigenvalue weighted by molar-refractivity contribution is 0.161. The molecule has 1 rings (SSSR count). The van der Waals surface area contributed by atoms with Crippen molar-refractivity contribution in [3.05, 3.63) is 18.2 Å². The van der Waals surface area contributed by atoms with Crippen LogP contribution in [0.3, 0.4) is 0 Å². The van der Waals surface area contributed by atoms with Crippen LogP contribution in [0.15, 0.2) is 18.2 Å². The van der Waals surface area contributed by atoms with Gasteiger partial charge in [-0.15, -0.1) is 0 Å². The van der Waals surface area contributed by atoms with Crippen LogP contribution in [0.25, 0.3) is 0 Å². The number of carbonyl (C=O) groups is 1. The maximum absolute atomic E-state index is 10.3. The zero-order valence-corrected chi connectivity index (χ0v) is 9.03. The van der Waals surface area contributed by atoms with Crippen molar-refractivity contribution in [3.63, 3.8) is 0 Å². The van der Waals surface area contributed by atoms with Crippen molar-refractivity contribution in [2.45, 2.75) is 0 Å². The van der Waals surface area contributed by atoms with Crippen LogP contribution in [0, 0.1) is 0 Å². The molecule has 0 saturated carbocycles. The normalized spacial score (nSPS) is 9.56. The fourth-order valence-electron chi connectivity index (χ4n) is 1.17. The lowest BCUT2D eigenvalue weighted by atomic mass is 10.2. The summed E-state index contributed by atoms with van der Waals surface area (Å²) >= 11 is 0. The van der Waals surface area contributed by atoms with E-state index in [1.165, 1.54) is 0 Å². The van der Waals surface area contributed by atoms with Crippen LogP contribution in [0.1, 0.15) is 0 Å². The number of methoxy groups -OCH3 is 1. The number of primary amides is 1. The van der Waals surface area contributed by atoms with Crippen LogP contribution in [0.4, 0.5) is 16.2 Å². The molecule has 0 bridgehead atoms. The molecule has 1 aromatic rings. The van der Waals surface area contributed by atoms with Gasteiger partial charge in [-0.05, 0) is 12.1 Å². The van der Waals surface area contributed by atoms with Gasteiger partial charge in [-0.3, -0.25) is 0 Å². The molecule has 1 amide bonds. The van der Waals surface area contributed by atoms with Gasteiger partial charge in [-0.1, -0.05) is 0 Å². The number of hydrogen-bond donors (Lipinski definition) is 3. The SMILES string of the molecule is COc1cc(NCCOC(N)=O)ccc1N. The van der Waals surface area contributed by atoms with Gasteiger partial charge in [0, 0.05) is 18.3 Å². The molecule has 0 aliphatic heterocycles. The van der Waals surface area contributed by atoms with E-state index in [1.807, 2.05) is 6.07 Å². The highest BCUT2D eigenvalue weighted by atomic mass is 16.5. The summed E-state index contributed by atoms with van der Waals surface area (Å²) in [6.45, 7) is 0.679.